The number of unbranched alkanes of at least 4 members (excludes halogenated alkanes) is 2. The van der Waals surface area contributed by atoms with Crippen LogP contribution in [0.4, 0.5) is 10.5 Å². The molecule has 0 atom stereocenters. The number of hydrogen-bond donors (Lipinski definition) is 4. The van der Waals surface area contributed by atoms with Gasteiger partial charge in [-0.3, -0.25) is 4.98 Å². The number of rotatable bonds is 8. The molecule has 124 valence electrons. The third-order valence-corrected chi connectivity index (χ3v) is 3.10. The SMILES string of the molecule is CCCCCOc1ccc(NC(=O)NCc2n[nH]c(=O)[nH]2)cc1. The maximum atomic E-state index is 11.7. The van der Waals surface area contributed by atoms with Crippen molar-refractivity contribution >= 4 is 11.7 Å². The second kappa shape index (κ2) is 8.62. The monoisotopic (exact) mass is 319 g/mol. The van der Waals surface area contributed by atoms with Gasteiger partial charge in [0.15, 0.2) is 0 Å². The molecule has 0 fully saturated rings. The van der Waals surface area contributed by atoms with Crippen LogP contribution in [0, 0.1) is 0 Å². The van der Waals surface area contributed by atoms with Crippen LogP contribution in [-0.4, -0.2) is 27.8 Å². The maximum absolute atomic E-state index is 11.7. The number of nitrogens with zero attached hydrogens (tertiary/aromatic N) is 1. The Morgan fingerprint density at radius 3 is 2.70 bits per heavy atom. The molecule has 0 aliphatic heterocycles. The van der Waals surface area contributed by atoms with E-state index in [-0.39, 0.29) is 12.6 Å². The Balaban J connectivity index is 1.74. The average molecular weight is 319 g/mol. The molecule has 2 aromatic rings. The number of amides is 2. The molecular weight excluding hydrogens is 298 g/mol. The average Bonchev–Trinajstić information content (AvgIpc) is 2.97. The van der Waals surface area contributed by atoms with Crippen LogP contribution in [0.1, 0.15) is 32.0 Å². The molecule has 2 rings (SSSR count). The van der Waals surface area contributed by atoms with Crippen LogP contribution in [0.2, 0.25) is 0 Å². The second-order valence-electron chi connectivity index (χ2n) is 5.01. The van der Waals surface area contributed by atoms with Gasteiger partial charge in [-0.05, 0) is 30.7 Å². The second-order valence-corrected chi connectivity index (χ2v) is 5.01. The molecule has 0 aliphatic rings. The standard InChI is InChI=1S/C15H21N5O3/c1-2-3-4-9-23-12-7-5-11(6-8-12)17-14(21)16-10-13-18-15(22)20-19-13/h5-8H,2-4,9-10H2,1H3,(H2,16,17,21)(H2,18,19,20,22). The van der Waals surface area contributed by atoms with E-state index in [9.17, 15) is 9.59 Å². The van der Waals surface area contributed by atoms with Crippen LogP contribution in [0.25, 0.3) is 0 Å². The molecule has 0 saturated heterocycles. The first kappa shape index (κ1) is 16.6. The van der Waals surface area contributed by atoms with Crippen molar-refractivity contribution in [2.75, 3.05) is 11.9 Å². The number of anilines is 1. The summed E-state index contributed by atoms with van der Waals surface area (Å²) in [6.07, 6.45) is 3.35. The topological polar surface area (TPSA) is 112 Å². The zero-order valence-electron chi connectivity index (χ0n) is 13.0. The molecule has 1 aromatic carbocycles. The summed E-state index contributed by atoms with van der Waals surface area (Å²) >= 11 is 0. The lowest BCUT2D eigenvalue weighted by molar-refractivity contribution is 0.251. The number of H-pyrrole nitrogens is 2. The van der Waals surface area contributed by atoms with Gasteiger partial charge in [-0.25, -0.2) is 14.7 Å². The predicted octanol–water partition coefficient (Wildman–Crippen LogP) is 1.99. The van der Waals surface area contributed by atoms with Gasteiger partial charge in [0.05, 0.1) is 13.2 Å². The fraction of sp³-hybridized carbons (Fsp3) is 0.400. The summed E-state index contributed by atoms with van der Waals surface area (Å²) < 4.78 is 5.60. The molecule has 0 spiro atoms. The van der Waals surface area contributed by atoms with Crippen molar-refractivity contribution < 1.29 is 9.53 Å². The normalized spacial score (nSPS) is 10.3. The van der Waals surface area contributed by atoms with Gasteiger partial charge in [0, 0.05) is 5.69 Å². The van der Waals surface area contributed by atoms with Gasteiger partial charge >= 0.3 is 11.7 Å². The Morgan fingerprint density at radius 2 is 2.04 bits per heavy atom. The summed E-state index contributed by atoms with van der Waals surface area (Å²) in [4.78, 5) is 25.0. The summed E-state index contributed by atoms with van der Waals surface area (Å²) in [5.74, 6) is 1.14. The van der Waals surface area contributed by atoms with Crippen molar-refractivity contribution in [1.29, 1.82) is 0 Å². The lowest BCUT2D eigenvalue weighted by atomic mass is 10.2. The van der Waals surface area contributed by atoms with Crippen molar-refractivity contribution in [1.82, 2.24) is 20.5 Å². The molecule has 1 aromatic heterocycles. The maximum Gasteiger partial charge on any atom is 0.340 e. The van der Waals surface area contributed by atoms with Gasteiger partial charge in [0.25, 0.3) is 0 Å². The molecule has 0 bridgehead atoms. The quantitative estimate of drug-likeness (QED) is 0.557. The Hall–Kier alpha value is -2.77. The number of aromatic amines is 2. The summed E-state index contributed by atoms with van der Waals surface area (Å²) in [7, 11) is 0. The minimum atomic E-state index is -0.406. The summed E-state index contributed by atoms with van der Waals surface area (Å²) in [5.41, 5.74) is 0.246. The number of carbonyl (C=O) groups is 1. The number of aromatic nitrogens is 3. The molecule has 8 heteroatoms. The highest BCUT2D eigenvalue weighted by Gasteiger charge is 2.04. The number of ether oxygens (including phenoxy) is 1. The van der Waals surface area contributed by atoms with Gasteiger partial charge in [-0.15, -0.1) is 0 Å². The third-order valence-electron chi connectivity index (χ3n) is 3.10. The zero-order valence-corrected chi connectivity index (χ0v) is 13.0. The van der Waals surface area contributed by atoms with E-state index >= 15 is 0 Å². The first-order valence-corrected chi connectivity index (χ1v) is 7.58. The lowest BCUT2D eigenvalue weighted by Gasteiger charge is -2.08. The number of benzene rings is 1. The molecular formula is C15H21N5O3. The van der Waals surface area contributed by atoms with E-state index in [1.54, 1.807) is 12.1 Å². The van der Waals surface area contributed by atoms with Gasteiger partial charge in [-0.2, -0.15) is 5.10 Å². The number of nitrogens with one attached hydrogen (secondary N) is 4. The van der Waals surface area contributed by atoms with Crippen LogP contribution in [-0.2, 0) is 6.54 Å². The Bertz CT molecular complexity index is 662. The lowest BCUT2D eigenvalue weighted by Crippen LogP contribution is -2.28. The van der Waals surface area contributed by atoms with E-state index in [1.807, 2.05) is 12.1 Å². The molecule has 2 amide bonds. The van der Waals surface area contributed by atoms with E-state index in [2.05, 4.69) is 32.7 Å². The van der Waals surface area contributed by atoms with Crippen molar-refractivity contribution in [3.05, 3.63) is 40.6 Å². The largest absolute Gasteiger partial charge is 0.494 e. The Morgan fingerprint density at radius 1 is 1.26 bits per heavy atom. The molecule has 0 unspecified atom stereocenters. The van der Waals surface area contributed by atoms with Crippen molar-refractivity contribution in [3.8, 4) is 5.75 Å². The predicted molar refractivity (Wildman–Crippen MR) is 86.5 cm³/mol. The van der Waals surface area contributed by atoms with Gasteiger partial charge < -0.3 is 15.4 Å². The van der Waals surface area contributed by atoms with Crippen molar-refractivity contribution in [2.45, 2.75) is 32.7 Å². The number of hydrogen-bond acceptors (Lipinski definition) is 4. The van der Waals surface area contributed by atoms with Crippen molar-refractivity contribution in [2.24, 2.45) is 0 Å². The minimum absolute atomic E-state index is 0.128. The fourth-order valence-electron chi connectivity index (χ4n) is 1.90. The molecule has 0 aliphatic carbocycles. The van der Waals surface area contributed by atoms with Crippen LogP contribution < -0.4 is 21.1 Å². The van der Waals surface area contributed by atoms with Gasteiger partial charge in [-0.1, -0.05) is 19.8 Å². The first-order valence-electron chi connectivity index (χ1n) is 7.58. The molecule has 0 saturated carbocycles. The summed E-state index contributed by atoms with van der Waals surface area (Å²) in [5, 5.41) is 11.2. The molecule has 8 nitrogen and oxygen atoms in total. The third kappa shape index (κ3) is 5.85. The highest BCUT2D eigenvalue weighted by molar-refractivity contribution is 5.89. The minimum Gasteiger partial charge on any atom is -0.494 e. The Kier molecular flexibility index (Phi) is 6.22. The highest BCUT2D eigenvalue weighted by Crippen LogP contribution is 2.16. The van der Waals surface area contributed by atoms with Crippen LogP contribution >= 0.6 is 0 Å². The van der Waals surface area contributed by atoms with E-state index in [1.165, 1.54) is 0 Å². The van der Waals surface area contributed by atoms with Crippen LogP contribution in [0.5, 0.6) is 5.75 Å². The smallest absolute Gasteiger partial charge is 0.340 e. The summed E-state index contributed by atoms with van der Waals surface area (Å²) in [6, 6.07) is 6.78. The molecule has 1 heterocycles. The van der Waals surface area contributed by atoms with Gasteiger partial charge in [0.1, 0.15) is 11.6 Å². The zero-order chi connectivity index (χ0) is 16.5. The first-order chi connectivity index (χ1) is 11.2. The van der Waals surface area contributed by atoms with E-state index in [4.69, 9.17) is 4.74 Å². The summed E-state index contributed by atoms with van der Waals surface area (Å²) in [6.45, 7) is 2.97. The number of urea groups is 1. The van der Waals surface area contributed by atoms with Crippen LogP contribution in [0.3, 0.4) is 0 Å². The number of carbonyl (C=O) groups excluding carboxylic acids is 1. The van der Waals surface area contributed by atoms with E-state index in [0.717, 1.165) is 25.0 Å². The fourth-order valence-corrected chi connectivity index (χ4v) is 1.90. The van der Waals surface area contributed by atoms with E-state index < -0.39 is 5.69 Å². The Labute approximate surface area is 133 Å². The van der Waals surface area contributed by atoms with Crippen molar-refractivity contribution in [3.63, 3.8) is 0 Å². The highest BCUT2D eigenvalue weighted by atomic mass is 16.5. The molecule has 0 radical (unpaired) electrons. The van der Waals surface area contributed by atoms with Crippen LogP contribution in [0.15, 0.2) is 29.1 Å². The van der Waals surface area contributed by atoms with E-state index in [0.29, 0.717) is 18.1 Å². The molecule has 4 N–H and O–H groups in total. The van der Waals surface area contributed by atoms with Gasteiger partial charge in [0.2, 0.25) is 0 Å². The molecule has 23 heavy (non-hydrogen) atoms.